The first-order chi connectivity index (χ1) is 12.0. The first-order valence-corrected chi connectivity index (χ1v) is 9.08. The topological polar surface area (TPSA) is 60.9 Å². The van der Waals surface area contributed by atoms with Crippen LogP contribution in [0.5, 0.6) is 0 Å². The highest BCUT2D eigenvalue weighted by molar-refractivity contribution is 7.99. The molecule has 128 valence electrons. The lowest BCUT2D eigenvalue weighted by Gasteiger charge is -2.08. The molecule has 0 aliphatic heterocycles. The van der Waals surface area contributed by atoms with E-state index in [-0.39, 0.29) is 5.78 Å². The molecule has 1 heterocycles. The third-order valence-electron chi connectivity index (χ3n) is 4.24. The number of benzene rings is 2. The van der Waals surface area contributed by atoms with Gasteiger partial charge in [0.1, 0.15) is 0 Å². The predicted molar refractivity (Wildman–Crippen MR) is 104 cm³/mol. The van der Waals surface area contributed by atoms with Gasteiger partial charge in [-0.1, -0.05) is 48.2 Å². The number of nitrogens with two attached hydrogens (primary N) is 1. The minimum Gasteiger partial charge on any atom is -0.337 e. The molecule has 0 amide bonds. The number of carbonyl (C=O) groups is 1. The van der Waals surface area contributed by atoms with Crippen molar-refractivity contribution in [2.24, 2.45) is 0 Å². The molecule has 25 heavy (non-hydrogen) atoms. The van der Waals surface area contributed by atoms with Gasteiger partial charge in [0.2, 0.25) is 0 Å². The molecule has 0 bridgehead atoms. The second-order valence-electron chi connectivity index (χ2n) is 6.15. The van der Waals surface area contributed by atoms with Crippen molar-refractivity contribution in [3.63, 3.8) is 0 Å². The van der Waals surface area contributed by atoms with Gasteiger partial charge in [-0.2, -0.15) is 0 Å². The molecule has 0 fully saturated rings. The number of nitrogens with zero attached hydrogens (tertiary/aromatic N) is 2. The number of rotatable bonds is 5. The van der Waals surface area contributed by atoms with Crippen LogP contribution in [0, 0.1) is 20.8 Å². The Morgan fingerprint density at radius 1 is 1.08 bits per heavy atom. The van der Waals surface area contributed by atoms with Crippen molar-refractivity contribution in [1.82, 2.24) is 9.66 Å². The monoisotopic (exact) mass is 351 g/mol. The Hall–Kier alpha value is -2.53. The van der Waals surface area contributed by atoms with E-state index in [0.29, 0.717) is 10.9 Å². The van der Waals surface area contributed by atoms with E-state index in [1.165, 1.54) is 22.0 Å². The molecule has 0 aliphatic rings. The van der Waals surface area contributed by atoms with Gasteiger partial charge in [-0.05, 0) is 43.5 Å². The number of carbonyl (C=O) groups excluding carboxylic acids is 1. The van der Waals surface area contributed by atoms with Gasteiger partial charge in [-0.15, -0.1) is 0 Å². The summed E-state index contributed by atoms with van der Waals surface area (Å²) < 4.78 is 1.48. The predicted octanol–water partition coefficient (Wildman–Crippen LogP) is 4.16. The van der Waals surface area contributed by atoms with Gasteiger partial charge in [0.25, 0.3) is 0 Å². The lowest BCUT2D eigenvalue weighted by molar-refractivity contribution is 0.102. The minimum atomic E-state index is 0.0925. The second kappa shape index (κ2) is 7.15. The molecule has 3 rings (SSSR count). The fourth-order valence-corrected chi connectivity index (χ4v) is 3.48. The summed E-state index contributed by atoms with van der Waals surface area (Å²) >= 11 is 1.36. The van der Waals surface area contributed by atoms with Crippen molar-refractivity contribution in [2.75, 3.05) is 11.6 Å². The molecular weight excluding hydrogens is 330 g/mol. The van der Waals surface area contributed by atoms with E-state index in [9.17, 15) is 4.79 Å². The second-order valence-corrected chi connectivity index (χ2v) is 7.09. The molecule has 0 radical (unpaired) electrons. The number of aromatic nitrogens is 2. The number of ketones is 1. The van der Waals surface area contributed by atoms with E-state index in [1.54, 1.807) is 6.20 Å². The number of imidazole rings is 1. The van der Waals surface area contributed by atoms with Crippen LogP contribution >= 0.6 is 11.8 Å². The molecule has 0 unspecified atom stereocenters. The molecule has 0 saturated heterocycles. The SMILES string of the molecule is Cc1cc(C)c(C(=O)CSc2nc(-c3ccccc3)cn2N)cc1C. The van der Waals surface area contributed by atoms with Gasteiger partial charge in [0.05, 0.1) is 17.6 Å². The molecule has 4 nitrogen and oxygen atoms in total. The Balaban J connectivity index is 1.75. The highest BCUT2D eigenvalue weighted by Crippen LogP contribution is 2.24. The summed E-state index contributed by atoms with van der Waals surface area (Å²) in [6.07, 6.45) is 1.78. The summed E-state index contributed by atoms with van der Waals surface area (Å²) in [6.45, 7) is 6.06. The van der Waals surface area contributed by atoms with Crippen molar-refractivity contribution in [2.45, 2.75) is 25.9 Å². The quantitative estimate of drug-likeness (QED) is 0.426. The van der Waals surface area contributed by atoms with Crippen molar-refractivity contribution in [3.05, 3.63) is 70.9 Å². The van der Waals surface area contributed by atoms with Crippen molar-refractivity contribution in [3.8, 4) is 11.3 Å². The van der Waals surface area contributed by atoms with Crippen LogP contribution in [0.3, 0.4) is 0 Å². The van der Waals surface area contributed by atoms with Crippen LogP contribution in [0.4, 0.5) is 0 Å². The Morgan fingerprint density at radius 3 is 2.48 bits per heavy atom. The molecule has 5 heteroatoms. The number of aryl methyl sites for hydroxylation is 3. The molecule has 0 aliphatic carbocycles. The van der Waals surface area contributed by atoms with E-state index in [1.807, 2.05) is 50.2 Å². The van der Waals surface area contributed by atoms with Gasteiger partial charge in [-0.25, -0.2) is 9.66 Å². The first kappa shape index (κ1) is 17.3. The smallest absolute Gasteiger partial charge is 0.187 e. The van der Waals surface area contributed by atoms with Crippen molar-refractivity contribution in [1.29, 1.82) is 0 Å². The normalized spacial score (nSPS) is 10.8. The number of hydrogen-bond donors (Lipinski definition) is 1. The average molecular weight is 351 g/mol. The Bertz CT molecular complexity index is 916. The fraction of sp³-hybridized carbons (Fsp3) is 0.200. The number of hydrogen-bond acceptors (Lipinski definition) is 4. The van der Waals surface area contributed by atoms with Crippen molar-refractivity contribution >= 4 is 17.5 Å². The van der Waals surface area contributed by atoms with E-state index in [2.05, 4.69) is 18.0 Å². The summed E-state index contributed by atoms with van der Waals surface area (Å²) in [5.41, 5.74) is 5.92. The molecular formula is C20H21N3OS. The van der Waals surface area contributed by atoms with Gasteiger partial charge in [0, 0.05) is 11.1 Å². The van der Waals surface area contributed by atoms with Gasteiger partial charge < -0.3 is 5.84 Å². The van der Waals surface area contributed by atoms with E-state index < -0.39 is 0 Å². The van der Waals surface area contributed by atoms with Gasteiger partial charge >= 0.3 is 0 Å². The average Bonchev–Trinajstić information content (AvgIpc) is 2.97. The zero-order valence-electron chi connectivity index (χ0n) is 14.6. The Morgan fingerprint density at radius 2 is 1.76 bits per heavy atom. The summed E-state index contributed by atoms with van der Waals surface area (Å²) in [6, 6.07) is 13.9. The summed E-state index contributed by atoms with van der Waals surface area (Å²) in [5, 5.41) is 0.633. The lowest BCUT2D eigenvalue weighted by Crippen LogP contribution is -2.10. The fourth-order valence-electron chi connectivity index (χ4n) is 2.70. The third kappa shape index (κ3) is 3.77. The standard InChI is InChI=1S/C20H21N3OS/c1-13-9-15(3)17(10-14(13)2)19(24)12-25-20-22-18(11-23(20)21)16-7-5-4-6-8-16/h4-11H,12,21H2,1-3H3. The summed E-state index contributed by atoms with van der Waals surface area (Å²) in [5.74, 6) is 6.40. The highest BCUT2D eigenvalue weighted by Gasteiger charge is 2.14. The largest absolute Gasteiger partial charge is 0.337 e. The number of Topliss-reactive ketones (excluding diaryl/α,β-unsaturated/α-hetero) is 1. The molecule has 2 N–H and O–H groups in total. The lowest BCUT2D eigenvalue weighted by atomic mass is 9.99. The van der Waals surface area contributed by atoms with Crippen LogP contribution in [-0.2, 0) is 0 Å². The summed E-state index contributed by atoms with van der Waals surface area (Å²) in [4.78, 5) is 17.1. The molecule has 0 saturated carbocycles. The highest BCUT2D eigenvalue weighted by atomic mass is 32.2. The zero-order chi connectivity index (χ0) is 18.0. The van der Waals surface area contributed by atoms with Crippen LogP contribution in [0.25, 0.3) is 11.3 Å². The number of nitrogen functional groups attached to an aromatic ring is 1. The van der Waals surface area contributed by atoms with Crippen LogP contribution in [0.1, 0.15) is 27.0 Å². The molecule has 1 aromatic heterocycles. The Labute approximate surface area is 152 Å². The van der Waals surface area contributed by atoms with Crippen molar-refractivity contribution < 1.29 is 4.79 Å². The van der Waals surface area contributed by atoms with E-state index in [0.717, 1.165) is 27.9 Å². The molecule has 0 atom stereocenters. The molecule has 2 aromatic carbocycles. The van der Waals surface area contributed by atoms with Gasteiger partial charge in [-0.3, -0.25) is 4.79 Å². The van der Waals surface area contributed by atoms with Gasteiger partial charge in [0.15, 0.2) is 10.9 Å². The van der Waals surface area contributed by atoms with Crippen LogP contribution in [-0.4, -0.2) is 21.2 Å². The first-order valence-electron chi connectivity index (χ1n) is 8.09. The van der Waals surface area contributed by atoms with Crippen LogP contribution in [0.15, 0.2) is 53.8 Å². The number of thioether (sulfide) groups is 1. The molecule has 3 aromatic rings. The van der Waals surface area contributed by atoms with E-state index in [4.69, 9.17) is 5.84 Å². The summed E-state index contributed by atoms with van der Waals surface area (Å²) in [7, 11) is 0. The third-order valence-corrected chi connectivity index (χ3v) is 5.21. The maximum Gasteiger partial charge on any atom is 0.187 e. The Kier molecular flexibility index (Phi) is 4.95. The van der Waals surface area contributed by atoms with E-state index >= 15 is 0 Å². The van der Waals surface area contributed by atoms with Crippen LogP contribution < -0.4 is 5.84 Å². The zero-order valence-corrected chi connectivity index (χ0v) is 15.4. The minimum absolute atomic E-state index is 0.0925. The van der Waals surface area contributed by atoms with Crippen LogP contribution in [0.2, 0.25) is 0 Å². The maximum atomic E-state index is 12.6. The molecule has 0 spiro atoms. The maximum absolute atomic E-state index is 12.6.